The van der Waals surface area contributed by atoms with E-state index in [1.807, 2.05) is 18.2 Å². The van der Waals surface area contributed by atoms with Gasteiger partial charge in [0.05, 0.1) is 4.88 Å². The summed E-state index contributed by atoms with van der Waals surface area (Å²) in [4.78, 5) is 1.23. The molecule has 1 aliphatic carbocycles. The molecule has 0 saturated heterocycles. The molecular weight excluding hydrogens is 218 g/mol. The number of rotatable bonds is 4. The lowest BCUT2D eigenvalue weighted by Crippen LogP contribution is -2.14. The van der Waals surface area contributed by atoms with Crippen LogP contribution in [0, 0.1) is 0 Å². The lowest BCUT2D eigenvalue weighted by molar-refractivity contribution is 0.695. The number of nitrogens with one attached hydrogen (secondary N) is 1. The van der Waals surface area contributed by atoms with Gasteiger partial charge in [-0.25, -0.2) is 0 Å². The van der Waals surface area contributed by atoms with E-state index in [9.17, 15) is 0 Å². The van der Waals surface area contributed by atoms with Gasteiger partial charge in [0.15, 0.2) is 0 Å². The molecule has 1 N–H and O–H groups in total. The number of aromatic nitrogens is 2. The number of hydrogen-bond donors (Lipinski definition) is 1. The van der Waals surface area contributed by atoms with E-state index in [4.69, 9.17) is 0 Å². The second-order valence-corrected chi connectivity index (χ2v) is 4.90. The van der Waals surface area contributed by atoms with Crippen LogP contribution in [-0.2, 0) is 6.54 Å². The van der Waals surface area contributed by atoms with Crippen molar-refractivity contribution < 1.29 is 0 Å². The van der Waals surface area contributed by atoms with E-state index >= 15 is 0 Å². The zero-order valence-electron chi connectivity index (χ0n) is 8.89. The highest BCUT2D eigenvalue weighted by Gasteiger charge is 2.21. The summed E-state index contributed by atoms with van der Waals surface area (Å²) < 4.78 is 4.05. The maximum Gasteiger partial charge on any atom is 0.110 e. The van der Waals surface area contributed by atoms with Crippen LogP contribution in [0.3, 0.4) is 0 Å². The van der Waals surface area contributed by atoms with Crippen molar-refractivity contribution in [2.45, 2.75) is 25.4 Å². The SMILES string of the molecule is c1ccc(-c2nnsc2CNC2CC2)cc1. The highest BCUT2D eigenvalue weighted by Crippen LogP contribution is 2.25. The van der Waals surface area contributed by atoms with Crippen molar-refractivity contribution in [3.05, 3.63) is 35.2 Å². The van der Waals surface area contributed by atoms with E-state index < -0.39 is 0 Å². The lowest BCUT2D eigenvalue weighted by atomic mass is 10.1. The van der Waals surface area contributed by atoms with Crippen LogP contribution in [0.25, 0.3) is 11.3 Å². The number of hydrogen-bond acceptors (Lipinski definition) is 4. The Kier molecular flexibility index (Phi) is 2.68. The van der Waals surface area contributed by atoms with Crippen LogP contribution < -0.4 is 5.32 Å². The van der Waals surface area contributed by atoms with Crippen molar-refractivity contribution in [2.24, 2.45) is 0 Å². The summed E-state index contributed by atoms with van der Waals surface area (Å²) in [6, 6.07) is 11.0. The first kappa shape index (κ1) is 9.93. The molecule has 1 aliphatic rings. The first-order valence-electron chi connectivity index (χ1n) is 5.53. The topological polar surface area (TPSA) is 37.8 Å². The van der Waals surface area contributed by atoms with Crippen molar-refractivity contribution in [1.82, 2.24) is 14.9 Å². The Labute approximate surface area is 98.7 Å². The van der Waals surface area contributed by atoms with Gasteiger partial charge in [-0.1, -0.05) is 34.8 Å². The van der Waals surface area contributed by atoms with Gasteiger partial charge < -0.3 is 5.32 Å². The summed E-state index contributed by atoms with van der Waals surface area (Å²) in [5.74, 6) is 0. The van der Waals surface area contributed by atoms with Crippen LogP contribution >= 0.6 is 11.5 Å². The molecule has 1 saturated carbocycles. The fraction of sp³-hybridized carbons (Fsp3) is 0.333. The molecule has 82 valence electrons. The Morgan fingerprint density at radius 2 is 2.06 bits per heavy atom. The second kappa shape index (κ2) is 4.31. The molecule has 0 unspecified atom stereocenters. The first-order chi connectivity index (χ1) is 7.93. The normalized spacial score (nSPS) is 15.2. The molecule has 2 aromatic rings. The van der Waals surface area contributed by atoms with E-state index in [-0.39, 0.29) is 0 Å². The Morgan fingerprint density at radius 3 is 2.81 bits per heavy atom. The van der Waals surface area contributed by atoms with Gasteiger partial charge in [-0.2, -0.15) is 0 Å². The molecule has 1 heterocycles. The van der Waals surface area contributed by atoms with Crippen molar-refractivity contribution in [3.63, 3.8) is 0 Å². The van der Waals surface area contributed by atoms with Gasteiger partial charge >= 0.3 is 0 Å². The number of benzene rings is 1. The van der Waals surface area contributed by atoms with E-state index in [1.165, 1.54) is 29.3 Å². The predicted molar refractivity (Wildman–Crippen MR) is 65.2 cm³/mol. The third kappa shape index (κ3) is 2.13. The second-order valence-electron chi connectivity index (χ2n) is 4.07. The lowest BCUT2D eigenvalue weighted by Gasteiger charge is -2.02. The molecule has 1 aromatic heterocycles. The largest absolute Gasteiger partial charge is 0.309 e. The fourth-order valence-corrected chi connectivity index (χ4v) is 2.28. The highest BCUT2D eigenvalue weighted by atomic mass is 32.1. The Balaban J connectivity index is 1.81. The van der Waals surface area contributed by atoms with Crippen LogP contribution in [0.4, 0.5) is 0 Å². The molecular formula is C12H13N3S. The Hall–Kier alpha value is -1.26. The summed E-state index contributed by atoms with van der Waals surface area (Å²) in [7, 11) is 0. The van der Waals surface area contributed by atoms with E-state index in [0.717, 1.165) is 23.8 Å². The first-order valence-corrected chi connectivity index (χ1v) is 6.31. The van der Waals surface area contributed by atoms with Gasteiger partial charge in [-0.15, -0.1) is 5.10 Å². The minimum atomic E-state index is 0.728. The van der Waals surface area contributed by atoms with E-state index in [1.54, 1.807) is 0 Å². The molecule has 0 amide bonds. The molecule has 0 aliphatic heterocycles. The molecule has 16 heavy (non-hydrogen) atoms. The third-order valence-electron chi connectivity index (χ3n) is 2.73. The number of nitrogens with zero attached hydrogens (tertiary/aromatic N) is 2. The van der Waals surface area contributed by atoms with Gasteiger partial charge in [0, 0.05) is 18.2 Å². The highest BCUT2D eigenvalue weighted by molar-refractivity contribution is 7.05. The minimum Gasteiger partial charge on any atom is -0.309 e. The maximum atomic E-state index is 4.21. The Bertz CT molecular complexity index is 462. The van der Waals surface area contributed by atoms with Crippen molar-refractivity contribution in [3.8, 4) is 11.3 Å². The fourth-order valence-electron chi connectivity index (χ4n) is 1.66. The summed E-state index contributed by atoms with van der Waals surface area (Å²) in [5, 5.41) is 7.71. The standard InChI is InChI=1S/C12H13N3S/c1-2-4-9(5-3-1)12-11(16-15-14-12)8-13-10-6-7-10/h1-5,10,13H,6-8H2. The molecule has 3 rings (SSSR count). The predicted octanol–water partition coefficient (Wildman–Crippen LogP) is 2.46. The quantitative estimate of drug-likeness (QED) is 0.878. The molecule has 3 nitrogen and oxygen atoms in total. The molecule has 0 bridgehead atoms. The summed E-state index contributed by atoms with van der Waals surface area (Å²) in [5.41, 5.74) is 2.18. The van der Waals surface area contributed by atoms with Gasteiger partial charge in [0.25, 0.3) is 0 Å². The van der Waals surface area contributed by atoms with Gasteiger partial charge in [0.2, 0.25) is 0 Å². The van der Waals surface area contributed by atoms with Gasteiger partial charge in [-0.05, 0) is 24.4 Å². The average Bonchev–Trinajstić information content (AvgIpc) is 3.05. The zero-order valence-corrected chi connectivity index (χ0v) is 9.70. The van der Waals surface area contributed by atoms with Crippen LogP contribution in [0.15, 0.2) is 30.3 Å². The average molecular weight is 231 g/mol. The Morgan fingerprint density at radius 1 is 1.25 bits per heavy atom. The third-order valence-corrected chi connectivity index (χ3v) is 3.45. The molecule has 4 heteroatoms. The molecule has 0 atom stereocenters. The molecule has 1 fully saturated rings. The summed E-state index contributed by atoms with van der Waals surface area (Å²) in [6.07, 6.45) is 2.62. The van der Waals surface area contributed by atoms with Crippen LogP contribution in [-0.4, -0.2) is 15.6 Å². The minimum absolute atomic E-state index is 0.728. The summed E-state index contributed by atoms with van der Waals surface area (Å²) in [6.45, 7) is 0.895. The van der Waals surface area contributed by atoms with Gasteiger partial charge in [-0.3, -0.25) is 0 Å². The van der Waals surface area contributed by atoms with E-state index in [2.05, 4.69) is 27.0 Å². The van der Waals surface area contributed by atoms with Crippen molar-refractivity contribution in [2.75, 3.05) is 0 Å². The summed E-state index contributed by atoms with van der Waals surface area (Å²) >= 11 is 1.49. The molecule has 0 radical (unpaired) electrons. The zero-order chi connectivity index (χ0) is 10.8. The van der Waals surface area contributed by atoms with Crippen LogP contribution in [0.5, 0.6) is 0 Å². The van der Waals surface area contributed by atoms with E-state index in [0.29, 0.717) is 0 Å². The van der Waals surface area contributed by atoms with Crippen molar-refractivity contribution >= 4 is 11.5 Å². The molecule has 1 aromatic carbocycles. The maximum absolute atomic E-state index is 4.21. The van der Waals surface area contributed by atoms with Crippen LogP contribution in [0.1, 0.15) is 17.7 Å². The monoisotopic (exact) mass is 231 g/mol. The van der Waals surface area contributed by atoms with Crippen molar-refractivity contribution in [1.29, 1.82) is 0 Å². The van der Waals surface area contributed by atoms with Crippen LogP contribution in [0.2, 0.25) is 0 Å². The van der Waals surface area contributed by atoms with Gasteiger partial charge in [0.1, 0.15) is 5.69 Å². The molecule has 0 spiro atoms. The smallest absolute Gasteiger partial charge is 0.110 e.